The molecule has 1 fully saturated rings. The van der Waals surface area contributed by atoms with E-state index in [2.05, 4.69) is 5.32 Å². The summed E-state index contributed by atoms with van der Waals surface area (Å²) in [4.78, 5) is 2.01. The normalized spacial score (nSPS) is 15.4. The van der Waals surface area contributed by atoms with Crippen molar-refractivity contribution in [3.05, 3.63) is 70.8 Å². The molecular weight excluding hydrogens is 360 g/mol. The average Bonchev–Trinajstić information content (AvgIpc) is 2.70. The molecule has 0 unspecified atom stereocenters. The molecule has 0 saturated carbocycles. The van der Waals surface area contributed by atoms with Crippen LogP contribution in [0.4, 0.5) is 23.2 Å². The minimum atomic E-state index is -1.43. The molecule has 3 rings (SSSR count). The number of hydrogen-bond acceptors (Lipinski definition) is 3. The largest absolute Gasteiger partial charge is 0.379 e. The van der Waals surface area contributed by atoms with Crippen molar-refractivity contribution < 1.29 is 22.3 Å². The number of hydrogen-bond donors (Lipinski definition) is 1. The molecule has 144 valence electrons. The van der Waals surface area contributed by atoms with Crippen molar-refractivity contribution in [1.82, 2.24) is 4.90 Å². The first-order valence-electron chi connectivity index (χ1n) is 8.68. The monoisotopic (exact) mass is 380 g/mol. The van der Waals surface area contributed by atoms with Crippen LogP contribution in [-0.2, 0) is 11.3 Å². The van der Waals surface area contributed by atoms with Crippen molar-refractivity contribution in [3.63, 3.8) is 0 Å². The van der Waals surface area contributed by atoms with E-state index < -0.39 is 34.5 Å². The van der Waals surface area contributed by atoms with Crippen LogP contribution < -0.4 is 5.32 Å². The summed E-state index contributed by atoms with van der Waals surface area (Å²) in [7, 11) is 0. The van der Waals surface area contributed by atoms with Crippen LogP contribution in [0.2, 0.25) is 0 Å². The van der Waals surface area contributed by atoms with Gasteiger partial charge in [-0.2, -0.15) is 0 Å². The zero-order valence-electron chi connectivity index (χ0n) is 14.7. The number of ether oxygens (including phenoxy) is 1. The Morgan fingerprint density at radius 1 is 0.926 bits per heavy atom. The van der Waals surface area contributed by atoms with Gasteiger partial charge in [-0.05, 0) is 5.56 Å². The first-order valence-corrected chi connectivity index (χ1v) is 8.68. The van der Waals surface area contributed by atoms with Gasteiger partial charge in [-0.15, -0.1) is 0 Å². The molecule has 3 nitrogen and oxygen atoms in total. The molecular formula is C20H20F4N2O. The molecule has 0 amide bonds. The number of halogens is 4. The molecule has 0 bridgehead atoms. The van der Waals surface area contributed by atoms with Crippen LogP contribution in [0.3, 0.4) is 0 Å². The maximum atomic E-state index is 14.3. The second kappa shape index (κ2) is 9.01. The summed E-state index contributed by atoms with van der Waals surface area (Å²) >= 11 is 0. The Balaban J connectivity index is 1.76. The molecule has 0 aliphatic carbocycles. The SMILES string of the molecule is Fc1c(F)c(NCc2ccccc2)c(F)c(F)c1/C=C/CN1CCOCC1. The highest BCUT2D eigenvalue weighted by Crippen LogP contribution is 2.29. The summed E-state index contributed by atoms with van der Waals surface area (Å²) in [6.07, 6.45) is 2.57. The number of rotatable bonds is 6. The molecule has 1 aliphatic rings. The molecule has 1 heterocycles. The van der Waals surface area contributed by atoms with Crippen molar-refractivity contribution in [3.8, 4) is 0 Å². The lowest BCUT2D eigenvalue weighted by atomic mass is 10.1. The van der Waals surface area contributed by atoms with E-state index in [0.717, 1.165) is 11.6 Å². The third-order valence-corrected chi connectivity index (χ3v) is 4.36. The number of morpholine rings is 1. The summed E-state index contributed by atoms with van der Waals surface area (Å²) in [6, 6.07) is 8.78. The topological polar surface area (TPSA) is 24.5 Å². The van der Waals surface area contributed by atoms with E-state index in [4.69, 9.17) is 4.74 Å². The van der Waals surface area contributed by atoms with Crippen LogP contribution in [0.15, 0.2) is 36.4 Å². The van der Waals surface area contributed by atoms with Gasteiger partial charge in [-0.1, -0.05) is 42.5 Å². The average molecular weight is 380 g/mol. The van der Waals surface area contributed by atoms with Gasteiger partial charge >= 0.3 is 0 Å². The van der Waals surface area contributed by atoms with E-state index >= 15 is 0 Å². The fourth-order valence-corrected chi connectivity index (χ4v) is 2.84. The van der Waals surface area contributed by atoms with Crippen molar-refractivity contribution in [2.75, 3.05) is 38.2 Å². The number of anilines is 1. The summed E-state index contributed by atoms with van der Waals surface area (Å²) < 4.78 is 62.4. The van der Waals surface area contributed by atoms with Crippen LogP contribution in [0.1, 0.15) is 11.1 Å². The highest BCUT2D eigenvalue weighted by Gasteiger charge is 2.24. The van der Waals surface area contributed by atoms with Crippen LogP contribution in [0.25, 0.3) is 6.08 Å². The highest BCUT2D eigenvalue weighted by molar-refractivity contribution is 5.59. The maximum absolute atomic E-state index is 14.3. The van der Waals surface area contributed by atoms with E-state index in [1.165, 1.54) is 6.08 Å². The van der Waals surface area contributed by atoms with Gasteiger partial charge in [0.05, 0.1) is 18.8 Å². The number of nitrogens with zero attached hydrogens (tertiary/aromatic N) is 1. The maximum Gasteiger partial charge on any atom is 0.185 e. The van der Waals surface area contributed by atoms with Gasteiger partial charge < -0.3 is 10.1 Å². The van der Waals surface area contributed by atoms with Crippen LogP contribution in [0.5, 0.6) is 0 Å². The summed E-state index contributed by atoms with van der Waals surface area (Å²) in [6.45, 7) is 3.02. The Bertz CT molecular complexity index is 776. The number of nitrogens with one attached hydrogen (secondary N) is 1. The van der Waals surface area contributed by atoms with Crippen LogP contribution >= 0.6 is 0 Å². The standard InChI is InChI=1S/C20H20F4N2O/c21-16-15(7-4-8-26-9-11-27-12-10-26)17(22)19(24)20(18(16)23)25-13-14-5-2-1-3-6-14/h1-7,25H,8-13H2/b7-4+. The lowest BCUT2D eigenvalue weighted by molar-refractivity contribution is 0.0435. The van der Waals surface area contributed by atoms with Gasteiger partial charge in [-0.25, -0.2) is 17.6 Å². The molecule has 1 saturated heterocycles. The quantitative estimate of drug-likeness (QED) is 0.601. The fraction of sp³-hybridized carbons (Fsp3) is 0.300. The molecule has 2 aromatic rings. The minimum Gasteiger partial charge on any atom is -0.379 e. The minimum absolute atomic E-state index is 0.0414. The number of benzene rings is 2. The van der Waals surface area contributed by atoms with Gasteiger partial charge in [0.15, 0.2) is 23.3 Å². The molecule has 2 aromatic carbocycles. The van der Waals surface area contributed by atoms with E-state index in [9.17, 15) is 17.6 Å². The van der Waals surface area contributed by atoms with Gasteiger partial charge in [0, 0.05) is 26.2 Å². The molecule has 0 spiro atoms. The molecule has 0 atom stereocenters. The lowest BCUT2D eigenvalue weighted by Crippen LogP contribution is -2.36. The smallest absolute Gasteiger partial charge is 0.185 e. The third-order valence-electron chi connectivity index (χ3n) is 4.36. The summed E-state index contributed by atoms with van der Waals surface area (Å²) in [5.41, 5.74) is -0.797. The van der Waals surface area contributed by atoms with Gasteiger partial charge in [-0.3, -0.25) is 4.90 Å². The third kappa shape index (κ3) is 4.67. The van der Waals surface area contributed by atoms with Gasteiger partial charge in [0.2, 0.25) is 0 Å². The Morgan fingerprint density at radius 3 is 2.19 bits per heavy atom. The first kappa shape index (κ1) is 19.4. The van der Waals surface area contributed by atoms with Gasteiger partial charge in [0.25, 0.3) is 0 Å². The van der Waals surface area contributed by atoms with E-state index in [1.54, 1.807) is 30.3 Å². The van der Waals surface area contributed by atoms with Crippen molar-refractivity contribution in [1.29, 1.82) is 0 Å². The van der Waals surface area contributed by atoms with Gasteiger partial charge in [0.1, 0.15) is 5.69 Å². The Kier molecular flexibility index (Phi) is 6.47. The summed E-state index contributed by atoms with van der Waals surface area (Å²) in [5.74, 6) is -5.70. The van der Waals surface area contributed by atoms with Crippen LogP contribution in [-0.4, -0.2) is 37.7 Å². The lowest BCUT2D eigenvalue weighted by Gasteiger charge is -2.25. The Hall–Kier alpha value is -2.38. The second-order valence-electron chi connectivity index (χ2n) is 6.20. The zero-order valence-corrected chi connectivity index (χ0v) is 14.7. The molecule has 1 aliphatic heterocycles. The Morgan fingerprint density at radius 2 is 1.56 bits per heavy atom. The summed E-state index contributed by atoms with van der Waals surface area (Å²) in [5, 5.41) is 2.44. The molecule has 0 radical (unpaired) electrons. The van der Waals surface area contributed by atoms with E-state index in [1.807, 2.05) is 4.90 Å². The second-order valence-corrected chi connectivity index (χ2v) is 6.20. The molecule has 0 aromatic heterocycles. The van der Waals surface area contributed by atoms with Crippen molar-refractivity contribution in [2.24, 2.45) is 0 Å². The zero-order chi connectivity index (χ0) is 19.2. The first-order chi connectivity index (χ1) is 13.1. The predicted molar refractivity (Wildman–Crippen MR) is 96.3 cm³/mol. The molecule has 1 N–H and O–H groups in total. The van der Waals surface area contributed by atoms with Crippen molar-refractivity contribution >= 4 is 11.8 Å². The molecule has 7 heteroatoms. The predicted octanol–water partition coefficient (Wildman–Crippen LogP) is 4.20. The van der Waals surface area contributed by atoms with Crippen LogP contribution in [0, 0.1) is 23.3 Å². The highest BCUT2D eigenvalue weighted by atomic mass is 19.2. The van der Waals surface area contributed by atoms with E-state index in [0.29, 0.717) is 32.8 Å². The van der Waals surface area contributed by atoms with E-state index in [-0.39, 0.29) is 6.54 Å². The fourth-order valence-electron chi connectivity index (χ4n) is 2.84. The van der Waals surface area contributed by atoms with Crippen molar-refractivity contribution in [2.45, 2.75) is 6.54 Å². The molecule has 27 heavy (non-hydrogen) atoms. The Labute approximate surface area is 155 Å².